The van der Waals surface area contributed by atoms with Crippen molar-refractivity contribution in [1.82, 2.24) is 19.9 Å². The normalized spacial score (nSPS) is 11.8. The molecule has 0 aliphatic heterocycles. The number of nitrogens with two attached hydrogens (primary N) is 1. The molecule has 0 radical (unpaired) electrons. The van der Waals surface area contributed by atoms with Gasteiger partial charge in [-0.1, -0.05) is 30.3 Å². The van der Waals surface area contributed by atoms with Crippen LogP contribution >= 0.6 is 0 Å². The van der Waals surface area contributed by atoms with Crippen molar-refractivity contribution in [2.24, 2.45) is 7.05 Å². The maximum atomic E-state index is 13.1. The SMILES string of the molecule is Cc1cccc2c(N)c3cccc(C(=O)NCC[N+](C)(C)Cc4c([N+](=O)[O-])ncn4C)c3nc12. The molecule has 0 aliphatic rings. The zero-order valence-corrected chi connectivity index (χ0v) is 19.7. The first-order chi connectivity index (χ1) is 16.1. The van der Waals surface area contributed by atoms with Crippen LogP contribution in [0, 0.1) is 17.0 Å². The molecule has 2 aromatic carbocycles. The molecule has 0 aliphatic carbocycles. The maximum Gasteiger partial charge on any atom is 0.390 e. The first-order valence-electron chi connectivity index (χ1n) is 10.9. The highest BCUT2D eigenvalue weighted by Gasteiger charge is 2.27. The zero-order chi connectivity index (χ0) is 24.6. The number of para-hydroxylation sites is 2. The molecule has 1 amide bonds. The Morgan fingerprint density at radius 1 is 1.18 bits per heavy atom. The maximum absolute atomic E-state index is 13.1. The number of fused-ring (bicyclic) bond motifs is 2. The highest BCUT2D eigenvalue weighted by molar-refractivity contribution is 6.13. The van der Waals surface area contributed by atoms with Crippen molar-refractivity contribution < 1.29 is 14.2 Å². The van der Waals surface area contributed by atoms with Crippen LogP contribution in [0.3, 0.4) is 0 Å². The molecule has 176 valence electrons. The number of carbonyl (C=O) groups is 1. The third kappa shape index (κ3) is 4.27. The Kier molecular flexibility index (Phi) is 5.92. The third-order valence-electron chi connectivity index (χ3n) is 6.11. The van der Waals surface area contributed by atoms with Gasteiger partial charge >= 0.3 is 5.82 Å². The Balaban J connectivity index is 1.53. The number of likely N-dealkylation sites (N-methyl/N-ethyl adjacent to an activating group) is 1. The lowest BCUT2D eigenvalue weighted by atomic mass is 10.0. The lowest BCUT2D eigenvalue weighted by Gasteiger charge is -2.29. The number of quaternary nitrogens is 1. The molecule has 0 atom stereocenters. The summed E-state index contributed by atoms with van der Waals surface area (Å²) in [5, 5.41) is 15.8. The van der Waals surface area contributed by atoms with Gasteiger partial charge in [-0.05, 0) is 28.5 Å². The number of amides is 1. The number of rotatable bonds is 7. The van der Waals surface area contributed by atoms with Crippen molar-refractivity contribution in [3.63, 3.8) is 0 Å². The van der Waals surface area contributed by atoms with Gasteiger partial charge in [0, 0.05) is 17.8 Å². The molecule has 4 rings (SSSR count). The zero-order valence-electron chi connectivity index (χ0n) is 19.7. The van der Waals surface area contributed by atoms with Gasteiger partial charge in [-0.15, -0.1) is 0 Å². The lowest BCUT2D eigenvalue weighted by Crippen LogP contribution is -2.45. The van der Waals surface area contributed by atoms with Crippen LogP contribution in [0.2, 0.25) is 0 Å². The number of hydrogen-bond donors (Lipinski definition) is 2. The van der Waals surface area contributed by atoms with E-state index < -0.39 is 4.92 Å². The van der Waals surface area contributed by atoms with E-state index in [1.54, 1.807) is 23.7 Å². The van der Waals surface area contributed by atoms with Crippen LogP contribution in [0.25, 0.3) is 21.8 Å². The predicted molar refractivity (Wildman–Crippen MR) is 131 cm³/mol. The van der Waals surface area contributed by atoms with Gasteiger partial charge in [0.15, 0.2) is 5.69 Å². The summed E-state index contributed by atoms with van der Waals surface area (Å²) in [5.41, 5.74) is 10.4. The van der Waals surface area contributed by atoms with Gasteiger partial charge in [0.05, 0.1) is 49.5 Å². The third-order valence-corrected chi connectivity index (χ3v) is 6.11. The highest BCUT2D eigenvalue weighted by Crippen LogP contribution is 2.31. The van der Waals surface area contributed by atoms with E-state index in [1.165, 1.54) is 6.33 Å². The largest absolute Gasteiger partial charge is 0.398 e. The van der Waals surface area contributed by atoms with E-state index in [9.17, 15) is 14.9 Å². The van der Waals surface area contributed by atoms with E-state index in [0.29, 0.717) is 46.6 Å². The molecule has 10 nitrogen and oxygen atoms in total. The molecular weight excluding hydrogens is 434 g/mol. The number of aromatic nitrogens is 3. The second-order valence-corrected chi connectivity index (χ2v) is 9.15. The van der Waals surface area contributed by atoms with E-state index in [0.717, 1.165) is 21.9 Å². The number of nitrogens with zero attached hydrogens (tertiary/aromatic N) is 5. The quantitative estimate of drug-likeness (QED) is 0.188. The number of nitro groups is 1. The van der Waals surface area contributed by atoms with Crippen LogP contribution in [0.1, 0.15) is 21.6 Å². The molecule has 0 saturated carbocycles. The molecule has 0 bridgehead atoms. The summed E-state index contributed by atoms with van der Waals surface area (Å²) in [6, 6.07) is 11.3. The number of anilines is 1. The molecule has 0 fully saturated rings. The summed E-state index contributed by atoms with van der Waals surface area (Å²) in [6.07, 6.45) is 1.44. The van der Waals surface area contributed by atoms with Crippen molar-refractivity contribution in [3.8, 4) is 0 Å². The van der Waals surface area contributed by atoms with Gasteiger partial charge in [0.1, 0.15) is 6.54 Å². The number of carbonyl (C=O) groups excluding carboxylic acids is 1. The average molecular weight is 463 g/mol. The minimum atomic E-state index is -0.470. The Morgan fingerprint density at radius 3 is 2.56 bits per heavy atom. The lowest BCUT2D eigenvalue weighted by molar-refractivity contribution is -0.902. The van der Waals surface area contributed by atoms with Crippen molar-refractivity contribution in [1.29, 1.82) is 0 Å². The highest BCUT2D eigenvalue weighted by atomic mass is 16.6. The van der Waals surface area contributed by atoms with Crippen molar-refractivity contribution >= 4 is 39.2 Å². The smallest absolute Gasteiger partial charge is 0.390 e. The van der Waals surface area contributed by atoms with Crippen LogP contribution in [0.4, 0.5) is 11.5 Å². The van der Waals surface area contributed by atoms with Gasteiger partial charge in [-0.25, -0.2) is 4.98 Å². The van der Waals surface area contributed by atoms with Crippen LogP contribution in [-0.2, 0) is 13.6 Å². The fourth-order valence-corrected chi connectivity index (χ4v) is 4.18. The van der Waals surface area contributed by atoms with E-state index in [-0.39, 0.29) is 11.7 Å². The van der Waals surface area contributed by atoms with Crippen LogP contribution in [0.15, 0.2) is 42.7 Å². The number of imidazole rings is 1. The Bertz CT molecular complexity index is 1430. The minimum absolute atomic E-state index is 0.139. The summed E-state index contributed by atoms with van der Waals surface area (Å²) < 4.78 is 2.10. The first-order valence-corrected chi connectivity index (χ1v) is 10.9. The predicted octanol–water partition coefficient (Wildman–Crippen LogP) is 2.93. The van der Waals surface area contributed by atoms with Gasteiger partial charge in [-0.2, -0.15) is 0 Å². The summed E-state index contributed by atoms with van der Waals surface area (Å²) >= 11 is 0. The molecule has 0 unspecified atom stereocenters. The summed E-state index contributed by atoms with van der Waals surface area (Å²) in [4.78, 5) is 32.5. The molecular formula is C24H28N7O3+. The molecule has 0 saturated heterocycles. The number of nitrogens with one attached hydrogen (secondary N) is 1. The fourth-order valence-electron chi connectivity index (χ4n) is 4.18. The number of pyridine rings is 1. The number of hydrogen-bond acceptors (Lipinski definition) is 6. The van der Waals surface area contributed by atoms with Gasteiger partial charge < -0.3 is 30.2 Å². The molecule has 4 aromatic rings. The number of nitrogen functional groups attached to an aromatic ring is 1. The van der Waals surface area contributed by atoms with Gasteiger partial charge in [0.25, 0.3) is 5.91 Å². The van der Waals surface area contributed by atoms with Crippen molar-refractivity contribution in [2.45, 2.75) is 13.5 Å². The average Bonchev–Trinajstić information content (AvgIpc) is 3.14. The van der Waals surface area contributed by atoms with E-state index in [4.69, 9.17) is 10.7 Å². The Morgan fingerprint density at radius 2 is 1.85 bits per heavy atom. The topological polar surface area (TPSA) is 129 Å². The van der Waals surface area contributed by atoms with Crippen LogP contribution in [0.5, 0.6) is 0 Å². The van der Waals surface area contributed by atoms with Gasteiger partial charge in [-0.3, -0.25) is 4.79 Å². The Labute approximate surface area is 196 Å². The monoisotopic (exact) mass is 462 g/mol. The fraction of sp³-hybridized carbons (Fsp3) is 0.292. The van der Waals surface area contributed by atoms with Crippen LogP contribution in [-0.4, -0.2) is 57.0 Å². The molecule has 34 heavy (non-hydrogen) atoms. The summed E-state index contributed by atoms with van der Waals surface area (Å²) in [7, 11) is 5.65. The molecule has 10 heteroatoms. The molecule has 3 N–H and O–H groups in total. The number of benzene rings is 2. The van der Waals surface area contributed by atoms with Crippen LogP contribution < -0.4 is 11.1 Å². The molecule has 2 heterocycles. The van der Waals surface area contributed by atoms with E-state index >= 15 is 0 Å². The molecule has 2 aromatic heterocycles. The molecule has 0 spiro atoms. The minimum Gasteiger partial charge on any atom is -0.398 e. The Hall–Kier alpha value is -4.05. The van der Waals surface area contributed by atoms with Crippen molar-refractivity contribution in [2.75, 3.05) is 32.9 Å². The second-order valence-electron chi connectivity index (χ2n) is 9.15. The second kappa shape index (κ2) is 8.71. The number of aryl methyl sites for hydroxylation is 2. The first kappa shape index (κ1) is 23.1. The standard InChI is InChI=1S/C24H27N7O3/c1-15-7-5-8-16-20(25)17-9-6-10-18(22(17)28-21(15)16)24(32)26-11-12-31(3,4)13-19-23(30(33)34)27-14-29(19)2/h5-10,14H,11-13H2,1-4H3,(H2-,25,26,28,32)/p+1. The van der Waals surface area contributed by atoms with E-state index in [2.05, 4.69) is 10.3 Å². The summed E-state index contributed by atoms with van der Waals surface area (Å²) in [5.74, 6) is -0.378. The van der Waals surface area contributed by atoms with Crippen molar-refractivity contribution in [3.05, 3.63) is 69.7 Å². The summed E-state index contributed by atoms with van der Waals surface area (Å²) in [6.45, 7) is 3.32. The van der Waals surface area contributed by atoms with E-state index in [1.807, 2.05) is 45.3 Å². The van der Waals surface area contributed by atoms with Gasteiger partial charge in [0.2, 0.25) is 6.33 Å².